The van der Waals surface area contributed by atoms with E-state index in [-0.39, 0.29) is 6.04 Å². The number of hydrogen-bond acceptors (Lipinski definition) is 1. The molecule has 65 heavy (non-hydrogen) atoms. The molecule has 13 aromatic carbocycles. The van der Waals surface area contributed by atoms with Gasteiger partial charge < -0.3 is 4.90 Å². The summed E-state index contributed by atoms with van der Waals surface area (Å²) in [7, 11) is 0. The van der Waals surface area contributed by atoms with Crippen LogP contribution in [-0.4, -0.2) is 0 Å². The lowest BCUT2D eigenvalue weighted by Gasteiger charge is -2.31. The van der Waals surface area contributed by atoms with Crippen LogP contribution in [0.3, 0.4) is 0 Å². The average Bonchev–Trinajstić information content (AvgIpc) is 3.72. The molecule has 0 fully saturated rings. The second kappa shape index (κ2) is 13.1. The Bertz CT molecular complexity index is 3990. The van der Waals surface area contributed by atoms with Crippen LogP contribution < -0.4 is 4.90 Å². The SMILES string of the molecule is C1=C(c2ccc(-c3cc4ccc5cccc6ccc(c3)c4c56)cc2)c2ccc3c(-c4ccc(-c5cc6ccc7cccc8ccc(c5)c6c78)cc4)ccc4c3c2C(C1)N4c1ccccc1. The second-order valence-corrected chi connectivity index (χ2v) is 18.3. The molecule has 13 aromatic rings. The van der Waals surface area contributed by atoms with Gasteiger partial charge in [-0.1, -0.05) is 176 Å². The lowest BCUT2D eigenvalue weighted by atomic mass is 9.82. The van der Waals surface area contributed by atoms with Crippen LogP contribution in [0.1, 0.15) is 29.2 Å². The monoisotopic (exact) mass is 821 g/mol. The Morgan fingerprint density at radius 3 is 1.32 bits per heavy atom. The Labute approximate surface area is 376 Å². The summed E-state index contributed by atoms with van der Waals surface area (Å²) in [5.41, 5.74) is 15.4. The fraction of sp³-hybridized carbons (Fsp3) is 0.0312. The quantitative estimate of drug-likeness (QED) is 0.156. The Hall–Kier alpha value is -8.26. The van der Waals surface area contributed by atoms with E-state index in [1.165, 1.54) is 142 Å². The molecule has 15 rings (SSSR count). The molecular formula is C64H39N. The highest BCUT2D eigenvalue weighted by Crippen LogP contribution is 2.56. The first-order chi connectivity index (χ1) is 32.2. The normalized spacial score (nSPS) is 14.6. The highest BCUT2D eigenvalue weighted by Gasteiger charge is 2.37. The zero-order chi connectivity index (χ0) is 42.3. The summed E-state index contributed by atoms with van der Waals surface area (Å²) in [5.74, 6) is 0. The fourth-order valence-electron chi connectivity index (χ4n) is 12.1. The van der Waals surface area contributed by atoms with Gasteiger partial charge >= 0.3 is 0 Å². The van der Waals surface area contributed by atoms with Crippen molar-refractivity contribution < 1.29 is 0 Å². The number of anilines is 2. The lowest BCUT2D eigenvalue weighted by Crippen LogP contribution is -2.21. The molecule has 2 aliphatic rings. The molecule has 1 unspecified atom stereocenters. The van der Waals surface area contributed by atoms with Gasteiger partial charge in [0.25, 0.3) is 0 Å². The van der Waals surface area contributed by atoms with E-state index in [2.05, 4.69) is 223 Å². The Kier molecular flexibility index (Phi) is 7.12. The van der Waals surface area contributed by atoms with Gasteiger partial charge in [-0.25, -0.2) is 0 Å². The molecule has 0 radical (unpaired) electrons. The van der Waals surface area contributed by atoms with Crippen LogP contribution >= 0.6 is 0 Å². The van der Waals surface area contributed by atoms with E-state index >= 15 is 0 Å². The van der Waals surface area contributed by atoms with Gasteiger partial charge in [0, 0.05) is 11.1 Å². The van der Waals surface area contributed by atoms with E-state index in [1.807, 2.05) is 0 Å². The predicted molar refractivity (Wildman–Crippen MR) is 277 cm³/mol. The topological polar surface area (TPSA) is 3.24 Å². The molecule has 300 valence electrons. The van der Waals surface area contributed by atoms with Crippen LogP contribution in [0.25, 0.3) is 114 Å². The molecule has 1 heteroatoms. The molecule has 0 amide bonds. The standard InChI is InChI=1S/C64H39N/c1-2-10-52(11-3-1)65-57-32-30-53(40-16-12-38(13-17-40)50-34-46-24-20-42-6-4-7-43-21-25-47(35-50)61(46)59(42)43)55-28-29-56-54(31-33-58(65)64(56)63(55)57)41-18-14-39(15-19-41)51-36-48-26-22-44-8-5-9-45-23-27-49(37-51)62(48)60(44)45/h1-32,34-37,58H,33H2. The average molecular weight is 822 g/mol. The highest BCUT2D eigenvalue weighted by atomic mass is 15.2. The smallest absolute Gasteiger partial charge is 0.0639 e. The third-order valence-corrected chi connectivity index (χ3v) is 15.0. The van der Waals surface area contributed by atoms with Crippen molar-refractivity contribution in [1.82, 2.24) is 0 Å². The molecule has 0 bridgehead atoms. The molecule has 1 aliphatic heterocycles. The van der Waals surface area contributed by atoms with Crippen molar-refractivity contribution in [3.63, 3.8) is 0 Å². The maximum Gasteiger partial charge on any atom is 0.0639 e. The van der Waals surface area contributed by atoms with Crippen LogP contribution in [0.2, 0.25) is 0 Å². The fourth-order valence-corrected chi connectivity index (χ4v) is 12.1. The molecule has 0 N–H and O–H groups in total. The molecule has 0 spiro atoms. The van der Waals surface area contributed by atoms with Crippen molar-refractivity contribution in [3.05, 3.63) is 235 Å². The number of rotatable bonds is 5. The van der Waals surface area contributed by atoms with Crippen molar-refractivity contribution in [1.29, 1.82) is 0 Å². The summed E-state index contributed by atoms with van der Waals surface area (Å²) >= 11 is 0. The Morgan fingerprint density at radius 2 is 0.785 bits per heavy atom. The molecule has 1 nitrogen and oxygen atoms in total. The van der Waals surface area contributed by atoms with Gasteiger partial charge in [-0.3, -0.25) is 0 Å². The summed E-state index contributed by atoms with van der Waals surface area (Å²) in [4.78, 5) is 2.59. The van der Waals surface area contributed by atoms with Crippen molar-refractivity contribution in [2.75, 3.05) is 4.90 Å². The number of benzene rings is 13. The molecule has 1 atom stereocenters. The second-order valence-electron chi connectivity index (χ2n) is 18.3. The van der Waals surface area contributed by atoms with Crippen LogP contribution in [0, 0.1) is 0 Å². The maximum atomic E-state index is 2.59. The summed E-state index contributed by atoms with van der Waals surface area (Å²) in [6, 6.07) is 80.2. The van der Waals surface area contributed by atoms with E-state index in [0.29, 0.717) is 0 Å². The summed E-state index contributed by atoms with van der Waals surface area (Å²) in [5, 5.41) is 18.5. The first-order valence-corrected chi connectivity index (χ1v) is 22.9. The van der Waals surface area contributed by atoms with Crippen LogP contribution in [0.15, 0.2) is 218 Å². The minimum absolute atomic E-state index is 0.224. The highest BCUT2D eigenvalue weighted by molar-refractivity contribution is 6.25. The van der Waals surface area contributed by atoms with E-state index in [9.17, 15) is 0 Å². The Balaban J connectivity index is 0.815. The van der Waals surface area contributed by atoms with E-state index in [0.717, 1.165) is 6.42 Å². The molecule has 0 aromatic heterocycles. The van der Waals surface area contributed by atoms with E-state index < -0.39 is 0 Å². The van der Waals surface area contributed by atoms with Gasteiger partial charge in [0.15, 0.2) is 0 Å². The van der Waals surface area contributed by atoms with Crippen molar-refractivity contribution in [3.8, 4) is 33.4 Å². The molecule has 0 saturated carbocycles. The molecule has 0 saturated heterocycles. The molecule has 1 aliphatic carbocycles. The molecule has 1 heterocycles. The minimum atomic E-state index is 0.224. The lowest BCUT2D eigenvalue weighted by molar-refractivity contribution is 0.725. The van der Waals surface area contributed by atoms with Crippen LogP contribution in [0.5, 0.6) is 0 Å². The zero-order valence-corrected chi connectivity index (χ0v) is 35.5. The first kappa shape index (κ1) is 35.2. The number of nitrogens with zero attached hydrogens (tertiary/aromatic N) is 1. The van der Waals surface area contributed by atoms with Crippen molar-refractivity contribution in [2.24, 2.45) is 0 Å². The van der Waals surface area contributed by atoms with Gasteiger partial charge in [0.1, 0.15) is 0 Å². The number of hydrogen-bond donors (Lipinski definition) is 0. The van der Waals surface area contributed by atoms with Gasteiger partial charge in [-0.05, 0) is 175 Å². The van der Waals surface area contributed by atoms with Crippen molar-refractivity contribution >= 4 is 92.4 Å². The molecular weight excluding hydrogens is 783 g/mol. The van der Waals surface area contributed by atoms with Gasteiger partial charge in [0.05, 0.1) is 11.7 Å². The number of para-hydroxylation sites is 1. The zero-order valence-electron chi connectivity index (χ0n) is 35.5. The predicted octanol–water partition coefficient (Wildman–Crippen LogP) is 17.7. The van der Waals surface area contributed by atoms with Crippen LogP contribution in [-0.2, 0) is 0 Å². The maximum absolute atomic E-state index is 2.59. The van der Waals surface area contributed by atoms with Crippen LogP contribution in [0.4, 0.5) is 11.4 Å². The summed E-state index contributed by atoms with van der Waals surface area (Å²) in [6.07, 6.45) is 3.42. The van der Waals surface area contributed by atoms with Gasteiger partial charge in [-0.2, -0.15) is 0 Å². The van der Waals surface area contributed by atoms with Gasteiger partial charge in [-0.15, -0.1) is 0 Å². The minimum Gasteiger partial charge on any atom is -0.333 e. The summed E-state index contributed by atoms with van der Waals surface area (Å²) in [6.45, 7) is 0. The Morgan fingerprint density at radius 1 is 0.323 bits per heavy atom. The van der Waals surface area contributed by atoms with E-state index in [1.54, 1.807) is 0 Å². The van der Waals surface area contributed by atoms with Crippen molar-refractivity contribution in [2.45, 2.75) is 12.5 Å². The summed E-state index contributed by atoms with van der Waals surface area (Å²) < 4.78 is 0. The van der Waals surface area contributed by atoms with E-state index in [4.69, 9.17) is 0 Å². The third kappa shape index (κ3) is 5.04. The largest absolute Gasteiger partial charge is 0.333 e. The first-order valence-electron chi connectivity index (χ1n) is 22.9. The third-order valence-electron chi connectivity index (χ3n) is 15.0. The van der Waals surface area contributed by atoms with Gasteiger partial charge in [0.2, 0.25) is 0 Å².